The fraction of sp³-hybridized carbons (Fsp3) is 0.240. The lowest BCUT2D eigenvalue weighted by atomic mass is 10.2. The fourth-order valence-corrected chi connectivity index (χ4v) is 5.44. The third-order valence-corrected chi connectivity index (χ3v) is 7.55. The first-order valence-corrected chi connectivity index (χ1v) is 12.6. The van der Waals surface area contributed by atoms with Gasteiger partial charge in [-0.05, 0) is 42.8 Å². The Kier molecular flexibility index (Phi) is 6.71. The minimum absolute atomic E-state index is 0.106. The molecule has 0 radical (unpaired) electrons. The van der Waals surface area contributed by atoms with Gasteiger partial charge in [0, 0.05) is 43.1 Å². The topological polar surface area (TPSA) is 100 Å². The number of aromatic nitrogens is 3. The molecule has 9 nitrogen and oxygen atoms in total. The summed E-state index contributed by atoms with van der Waals surface area (Å²) in [5.41, 5.74) is 0.761. The summed E-state index contributed by atoms with van der Waals surface area (Å²) in [4.78, 5) is 52.5. The van der Waals surface area contributed by atoms with Crippen LogP contribution in [-0.4, -0.2) is 57.4 Å². The van der Waals surface area contributed by atoms with Crippen LogP contribution in [0.15, 0.2) is 59.8 Å². The normalized spacial score (nSPS) is 13.7. The smallest absolute Gasteiger partial charge is 0.266 e. The predicted octanol–water partition coefficient (Wildman–Crippen LogP) is 3.42. The molecule has 1 saturated heterocycles. The van der Waals surface area contributed by atoms with Crippen molar-refractivity contribution in [1.82, 2.24) is 19.4 Å². The first-order valence-electron chi connectivity index (χ1n) is 11.4. The first-order chi connectivity index (χ1) is 17.4. The van der Waals surface area contributed by atoms with E-state index in [1.54, 1.807) is 42.3 Å². The summed E-state index contributed by atoms with van der Waals surface area (Å²) >= 11 is 7.15. The molecule has 1 aliphatic heterocycles. The first kappa shape index (κ1) is 24.0. The van der Waals surface area contributed by atoms with Crippen LogP contribution in [0.5, 0.6) is 0 Å². The van der Waals surface area contributed by atoms with E-state index in [2.05, 4.69) is 20.2 Å². The number of amides is 2. The fourth-order valence-electron chi connectivity index (χ4n) is 4.21. The number of benzene rings is 1. The number of nitrogens with zero attached hydrogens (tertiary/aromatic N) is 5. The van der Waals surface area contributed by atoms with E-state index in [9.17, 15) is 14.4 Å². The van der Waals surface area contributed by atoms with E-state index in [1.807, 2.05) is 18.2 Å². The SMILES string of the molecule is Cc1c(C(=O)Nc2cccc(Cl)c2)sc2ncn(CC(=O)N3CCN(c4ccccn4)CC3)c(=O)c12. The van der Waals surface area contributed by atoms with Crippen molar-refractivity contribution in [2.45, 2.75) is 13.5 Å². The Hall–Kier alpha value is -3.76. The van der Waals surface area contributed by atoms with E-state index in [1.165, 1.54) is 10.9 Å². The summed E-state index contributed by atoms with van der Waals surface area (Å²) in [6, 6.07) is 12.6. The van der Waals surface area contributed by atoms with E-state index in [0.717, 1.165) is 17.2 Å². The van der Waals surface area contributed by atoms with Crippen LogP contribution in [0.4, 0.5) is 11.5 Å². The molecule has 36 heavy (non-hydrogen) atoms. The molecule has 2 amide bonds. The molecule has 4 heterocycles. The molecular weight excluding hydrogens is 500 g/mol. The van der Waals surface area contributed by atoms with Gasteiger partial charge in [0.25, 0.3) is 11.5 Å². The van der Waals surface area contributed by atoms with Gasteiger partial charge >= 0.3 is 0 Å². The summed E-state index contributed by atoms with van der Waals surface area (Å²) < 4.78 is 1.31. The maximum Gasteiger partial charge on any atom is 0.266 e. The van der Waals surface area contributed by atoms with E-state index >= 15 is 0 Å². The third-order valence-electron chi connectivity index (χ3n) is 6.12. The van der Waals surface area contributed by atoms with Crippen molar-refractivity contribution in [3.05, 3.63) is 80.8 Å². The van der Waals surface area contributed by atoms with Crippen molar-refractivity contribution in [2.24, 2.45) is 0 Å². The van der Waals surface area contributed by atoms with Crippen molar-refractivity contribution >= 4 is 56.5 Å². The second-order valence-electron chi connectivity index (χ2n) is 8.43. The number of carbonyl (C=O) groups excluding carboxylic acids is 2. The minimum atomic E-state index is -0.342. The summed E-state index contributed by atoms with van der Waals surface area (Å²) in [6.45, 7) is 4.05. The van der Waals surface area contributed by atoms with Crippen molar-refractivity contribution < 1.29 is 9.59 Å². The Balaban J connectivity index is 1.30. The van der Waals surface area contributed by atoms with Gasteiger partial charge < -0.3 is 15.1 Å². The van der Waals surface area contributed by atoms with Gasteiger partial charge in [-0.1, -0.05) is 23.7 Å². The number of nitrogens with one attached hydrogen (secondary N) is 1. The van der Waals surface area contributed by atoms with Crippen LogP contribution in [-0.2, 0) is 11.3 Å². The van der Waals surface area contributed by atoms with E-state index < -0.39 is 0 Å². The van der Waals surface area contributed by atoms with Crippen LogP contribution >= 0.6 is 22.9 Å². The number of aryl methyl sites for hydroxylation is 1. The second-order valence-corrected chi connectivity index (χ2v) is 9.87. The van der Waals surface area contributed by atoms with Gasteiger partial charge in [0.05, 0.1) is 16.6 Å². The maximum absolute atomic E-state index is 13.2. The molecule has 1 aromatic carbocycles. The average Bonchev–Trinajstić information content (AvgIpc) is 3.23. The lowest BCUT2D eigenvalue weighted by Crippen LogP contribution is -2.50. The van der Waals surface area contributed by atoms with E-state index in [0.29, 0.717) is 57.5 Å². The highest BCUT2D eigenvalue weighted by atomic mass is 35.5. The van der Waals surface area contributed by atoms with Crippen LogP contribution in [0.1, 0.15) is 15.2 Å². The standard InChI is InChI=1S/C25H23ClN6O3S/c1-16-21-24(36-22(16)23(34)29-18-6-4-5-17(26)13-18)28-15-32(25(21)35)14-20(33)31-11-9-30(10-12-31)19-7-2-3-8-27-19/h2-8,13,15H,9-12,14H2,1H3,(H,29,34). The Morgan fingerprint density at radius 1 is 1.08 bits per heavy atom. The van der Waals surface area contributed by atoms with Gasteiger partial charge in [-0.15, -0.1) is 11.3 Å². The lowest BCUT2D eigenvalue weighted by molar-refractivity contribution is -0.132. The quantitative estimate of drug-likeness (QED) is 0.431. The van der Waals surface area contributed by atoms with Gasteiger partial charge in [-0.2, -0.15) is 0 Å². The summed E-state index contributed by atoms with van der Waals surface area (Å²) in [5, 5.41) is 3.67. The number of hydrogen-bond acceptors (Lipinski definition) is 7. The number of rotatable bonds is 5. The highest BCUT2D eigenvalue weighted by molar-refractivity contribution is 7.20. The highest BCUT2D eigenvalue weighted by Gasteiger charge is 2.24. The van der Waals surface area contributed by atoms with Crippen molar-refractivity contribution in [3.8, 4) is 0 Å². The number of piperazine rings is 1. The molecule has 3 aromatic heterocycles. The highest BCUT2D eigenvalue weighted by Crippen LogP contribution is 2.28. The Labute approximate surface area is 216 Å². The molecule has 1 aliphatic rings. The molecule has 0 unspecified atom stereocenters. The van der Waals surface area contributed by atoms with Crippen LogP contribution < -0.4 is 15.8 Å². The molecule has 184 valence electrons. The van der Waals surface area contributed by atoms with E-state index in [4.69, 9.17) is 11.6 Å². The van der Waals surface area contributed by atoms with Crippen molar-refractivity contribution in [1.29, 1.82) is 0 Å². The number of fused-ring (bicyclic) bond motifs is 1. The molecule has 11 heteroatoms. The van der Waals surface area contributed by atoms with E-state index in [-0.39, 0.29) is 23.9 Å². The van der Waals surface area contributed by atoms with Gasteiger partial charge in [0.2, 0.25) is 5.91 Å². The zero-order valence-electron chi connectivity index (χ0n) is 19.5. The summed E-state index contributed by atoms with van der Waals surface area (Å²) in [7, 11) is 0. The van der Waals surface area contributed by atoms with Crippen molar-refractivity contribution in [3.63, 3.8) is 0 Å². The summed E-state index contributed by atoms with van der Waals surface area (Å²) in [6.07, 6.45) is 3.13. The van der Waals surface area contributed by atoms with Crippen LogP contribution in [0, 0.1) is 6.92 Å². The molecule has 0 bridgehead atoms. The lowest BCUT2D eigenvalue weighted by Gasteiger charge is -2.35. The minimum Gasteiger partial charge on any atom is -0.353 e. The Bertz CT molecular complexity index is 1490. The van der Waals surface area contributed by atoms with Gasteiger partial charge in [-0.25, -0.2) is 9.97 Å². The predicted molar refractivity (Wildman–Crippen MR) is 141 cm³/mol. The number of hydrogen-bond donors (Lipinski definition) is 1. The van der Waals surface area contributed by atoms with Gasteiger partial charge in [0.15, 0.2) is 0 Å². The molecule has 0 atom stereocenters. The third kappa shape index (κ3) is 4.82. The number of halogens is 1. The molecule has 1 N–H and O–H groups in total. The van der Waals surface area contributed by atoms with Crippen molar-refractivity contribution in [2.75, 3.05) is 36.4 Å². The monoisotopic (exact) mass is 522 g/mol. The number of anilines is 2. The molecule has 1 fully saturated rings. The molecule has 0 spiro atoms. The number of thiophene rings is 1. The van der Waals surface area contributed by atoms with Gasteiger partial charge in [0.1, 0.15) is 17.2 Å². The van der Waals surface area contributed by atoms with Crippen LogP contribution in [0.2, 0.25) is 5.02 Å². The zero-order chi connectivity index (χ0) is 25.2. The average molecular weight is 523 g/mol. The van der Waals surface area contributed by atoms with Crippen LogP contribution in [0.3, 0.4) is 0 Å². The molecule has 4 aromatic rings. The molecular formula is C25H23ClN6O3S. The molecule has 0 aliphatic carbocycles. The zero-order valence-corrected chi connectivity index (χ0v) is 21.1. The number of carbonyl (C=O) groups is 2. The number of pyridine rings is 1. The Morgan fingerprint density at radius 3 is 2.61 bits per heavy atom. The summed E-state index contributed by atoms with van der Waals surface area (Å²) in [5.74, 6) is 0.398. The second kappa shape index (κ2) is 10.1. The largest absolute Gasteiger partial charge is 0.353 e. The van der Waals surface area contributed by atoms with Crippen LogP contribution in [0.25, 0.3) is 10.2 Å². The maximum atomic E-state index is 13.2. The molecule has 0 saturated carbocycles. The molecule has 5 rings (SSSR count). The Morgan fingerprint density at radius 2 is 1.89 bits per heavy atom. The van der Waals surface area contributed by atoms with Gasteiger partial charge in [-0.3, -0.25) is 19.0 Å².